The fourth-order valence-corrected chi connectivity index (χ4v) is 7.62. The summed E-state index contributed by atoms with van der Waals surface area (Å²) in [4.78, 5) is 4.70. The molecule has 0 spiro atoms. The number of likely N-dealkylation sites (tertiary alicyclic amines) is 1. The predicted molar refractivity (Wildman–Crippen MR) is 603 cm³/mol. The molecule has 0 aromatic rings. The van der Waals surface area contributed by atoms with Crippen molar-refractivity contribution in [1.29, 1.82) is 0 Å². The third kappa shape index (κ3) is 328. The van der Waals surface area contributed by atoms with Crippen LogP contribution in [0.2, 0.25) is 0 Å². The summed E-state index contributed by atoms with van der Waals surface area (Å²) in [6.07, 6.45) is 6.89. The van der Waals surface area contributed by atoms with Crippen LogP contribution < -0.4 is 5.32 Å². The van der Waals surface area contributed by atoms with Gasteiger partial charge in [-0.05, 0) is 353 Å². The van der Waals surface area contributed by atoms with Crippen LogP contribution in [0.5, 0.6) is 0 Å². The maximum Gasteiger partial charge on any atom is 0.414 e. The topological polar surface area (TPSA) is 154 Å². The van der Waals surface area contributed by atoms with E-state index in [0.717, 1.165) is 99.5 Å². The zero-order valence-electron chi connectivity index (χ0n) is 107. The van der Waals surface area contributed by atoms with Gasteiger partial charge < -0.3 is 67.2 Å². The van der Waals surface area contributed by atoms with Gasteiger partial charge in [0.1, 0.15) is 9.84 Å². The molecule has 2 aliphatic rings. The molecule has 1 heterocycles. The summed E-state index contributed by atoms with van der Waals surface area (Å²) in [5.74, 6) is 6.85. The van der Waals surface area contributed by atoms with E-state index in [-0.39, 0.29) is 29.2 Å². The third-order valence-electron chi connectivity index (χ3n) is 14.1. The smallest absolute Gasteiger partial charge is 0.382 e. The molecule has 138 heavy (non-hydrogen) atoms. The number of ether oxygens (including phenoxy) is 11. The van der Waals surface area contributed by atoms with Crippen LogP contribution in [0, 0.1) is 47.3 Å². The quantitative estimate of drug-likeness (QED) is 0.0598. The SMILES string of the molecule is CC(C)C.CC(C)CN(C)C.CC(C)CN1CCC1.CC(C)OC(C)(C)C.CC(C)OC(C)(F)F.CC(C)OC(C)(F)F.CC(C)OC(C)C.CC(C)OC(C)C(F)(F)F.CC(C)OC(C)F.CC(C)OC1CC1.CC(C)S(C)(=O)=O.CCC(C)C.CCC(C)C.CCCC(C)C.CCCCC(C)C.CCCOC(C)C.CCOC(C)C.CNCC(C)C.COC(C)C.CSC(C)C.[2H]C([2H])([2H])OC(C)C. The minimum atomic E-state index is -4.23. The second-order valence-corrected chi connectivity index (χ2v) is 46.7. The second kappa shape index (κ2) is 125. The van der Waals surface area contributed by atoms with Gasteiger partial charge in [-0.15, -0.1) is 0 Å². The first-order valence-corrected chi connectivity index (χ1v) is 56.1. The minimum absolute atomic E-state index is 0.000000000000000222. The van der Waals surface area contributed by atoms with Gasteiger partial charge >= 0.3 is 18.4 Å². The molecule has 1 aliphatic heterocycles. The summed E-state index contributed by atoms with van der Waals surface area (Å²) in [5.41, 5.74) is 0.0220. The van der Waals surface area contributed by atoms with Gasteiger partial charge in [0.2, 0.25) is 0 Å². The van der Waals surface area contributed by atoms with E-state index in [4.69, 9.17) is 32.5 Å². The van der Waals surface area contributed by atoms with Gasteiger partial charge in [-0.1, -0.05) is 211 Å². The van der Waals surface area contributed by atoms with Gasteiger partial charge in [-0.3, -0.25) is 0 Å². The molecule has 2 unspecified atom stereocenters. The lowest BCUT2D eigenvalue weighted by Gasteiger charge is -2.31. The first-order valence-electron chi connectivity index (χ1n) is 54.4. The van der Waals surface area contributed by atoms with Gasteiger partial charge in [-0.25, -0.2) is 12.8 Å². The molecule has 1 saturated heterocycles. The van der Waals surface area contributed by atoms with Crippen LogP contribution >= 0.6 is 11.8 Å². The maximum atomic E-state index is 11.8. The number of nitrogens with zero attached hydrogens (tertiary/aromatic N) is 2. The van der Waals surface area contributed by atoms with Crippen molar-refractivity contribution in [2.45, 2.75) is 599 Å². The van der Waals surface area contributed by atoms with E-state index in [1.54, 1.807) is 90.2 Å². The van der Waals surface area contributed by atoms with E-state index < -0.39 is 59.9 Å². The van der Waals surface area contributed by atoms with Crippen LogP contribution in [-0.4, -0.2) is 238 Å². The Balaban J connectivity index is -0.0000000654. The van der Waals surface area contributed by atoms with E-state index in [2.05, 4.69) is 274 Å². The molecule has 1 aliphatic carbocycles. The molecule has 2 rings (SSSR count). The summed E-state index contributed by atoms with van der Waals surface area (Å²) in [6, 6.07) is 0. The monoisotopic (exact) mass is 2070 g/mol. The van der Waals surface area contributed by atoms with E-state index >= 15 is 0 Å². The number of rotatable bonds is 35. The Hall–Kier alpha value is -0.820. The van der Waals surface area contributed by atoms with Crippen molar-refractivity contribution in [3.63, 3.8) is 0 Å². The zero-order valence-corrected chi connectivity index (χ0v) is 106. The van der Waals surface area contributed by atoms with E-state index in [9.17, 15) is 43.5 Å². The molecule has 2 fully saturated rings. The molecule has 0 aromatic heterocycles. The third-order valence-corrected chi connectivity index (χ3v) is 16.8. The van der Waals surface area contributed by atoms with Crippen LogP contribution in [0.3, 0.4) is 0 Å². The van der Waals surface area contributed by atoms with Gasteiger partial charge in [0.05, 0.1) is 94.3 Å². The number of halogens is 8. The van der Waals surface area contributed by atoms with Gasteiger partial charge in [-0.2, -0.15) is 42.5 Å². The molecule has 26 heteroatoms. The molecule has 0 bridgehead atoms. The number of alkyl halides is 8. The maximum absolute atomic E-state index is 11.8. The van der Waals surface area contributed by atoms with Crippen LogP contribution in [0.4, 0.5) is 35.1 Å². The summed E-state index contributed by atoms with van der Waals surface area (Å²) >= 11 is 1.88. The number of unbranched alkanes of at least 4 members (excludes halogenated alkanes) is 1. The van der Waals surface area contributed by atoms with Crippen molar-refractivity contribution in [3.05, 3.63) is 0 Å². The molecule has 0 radical (unpaired) electrons. The number of sulfone groups is 1. The predicted octanol–water partition coefficient (Wildman–Crippen LogP) is 35.7. The highest BCUT2D eigenvalue weighted by molar-refractivity contribution is 7.99. The van der Waals surface area contributed by atoms with Crippen LogP contribution in [0.15, 0.2) is 0 Å². The highest BCUT2D eigenvalue weighted by atomic mass is 32.2. The van der Waals surface area contributed by atoms with Crippen molar-refractivity contribution in [1.82, 2.24) is 15.1 Å². The van der Waals surface area contributed by atoms with Crippen LogP contribution in [0.1, 0.15) is 476 Å². The summed E-state index contributed by atoms with van der Waals surface area (Å²) in [7, 11) is 2.90. The number of thioether (sulfide) groups is 1. The van der Waals surface area contributed by atoms with E-state index in [1.807, 2.05) is 95.0 Å². The normalized spacial score (nSPS) is 13.0. The molecule has 0 aromatic carbocycles. The molecule has 1 N–H and O–H groups in total. The molecule has 1 saturated carbocycles. The first-order chi connectivity index (χ1) is 63.1. The first kappa shape index (κ1) is 173. The molecule has 2 atom stereocenters. The van der Waals surface area contributed by atoms with Crippen molar-refractivity contribution in [2.24, 2.45) is 47.3 Å². The lowest BCUT2D eigenvalue weighted by atomic mass is 10.1. The number of methoxy groups -OCH3 is 2. The summed E-state index contributed by atoms with van der Waals surface area (Å²) in [6.45, 7) is 122. The van der Waals surface area contributed by atoms with Crippen LogP contribution in [-0.2, 0) is 61.9 Å². The van der Waals surface area contributed by atoms with E-state index in [0.29, 0.717) is 48.8 Å². The van der Waals surface area contributed by atoms with Gasteiger partial charge in [0.15, 0.2) is 12.5 Å². The lowest BCUT2D eigenvalue weighted by molar-refractivity contribution is -0.243. The van der Waals surface area contributed by atoms with Crippen molar-refractivity contribution in [2.75, 3.05) is 93.7 Å². The molecular formula is C112H257F8N3O13S2. The number of nitrogens with one attached hydrogen (secondary N) is 1. The molecule has 866 valence electrons. The molecule has 16 nitrogen and oxygen atoms in total. The second-order valence-electron chi connectivity index (χ2n) is 42.7. The van der Waals surface area contributed by atoms with Gasteiger partial charge in [0, 0.05) is 54.0 Å². The zero-order chi connectivity index (χ0) is 118. The standard InChI is InChI=1S/C7H15N.C7H16O.C7H16.C6H11F3O.C6H15N.C6H12O.2C6H14O.C6H14.2C5H10F2O.C5H11FO.C5H13N.C5H12O.2C5H12.C4H10O2S.2C4H10O.C4H10S.C4H10/c1-7(2)6-8-4-3-5-8;1-6(2)8-7(3,4)5;1-4-5-6-7(2)3;1-4(2)10-5(3)6(7,8)9;1-6(2)5-7(3)4;1-5(2)7-6-3-4-6;1-5(2)7-6(3)4;1-4-5-7-6(2)3;1-4-5-6(2)3;2*1-4(2)8-5(3,6)7;1-4(2)7-5(3)6;1-5(2)4-6-3;1-4-6-5(2)3;2*1-4-5(2)3;1-4(2)7(3,5)6;3*1-4(2)5-3;1-4(2)3/h7H,3-6H2,1-2H3;6H,1-5H3;7H,4-6H2,1-3H3;4-5H,1-3H3;6H,5H2,1-4H3;5-6H,3-4H2,1-2H3;5-6H,1-4H3;6H,4-5H2,1-3H3;6H,4-5H2,1-3H3;2*4H,1-3H3;4-5H,1-3H3;5-6H,4H2,1-3H3;5H,4H2,1-3H3;2*5H,4H2,1-3H3;4H,1-3H3;3*4H,1-3H3;4H,1-3H3/i;;;;;;;;;;;;;;;;;3D3;;;. The number of hydrogen-bond donors (Lipinski definition) is 1. The Morgan fingerprint density at radius 1 is 0.442 bits per heavy atom. The average Bonchev–Trinajstić information content (AvgIpc) is 1.49. The summed E-state index contributed by atoms with van der Waals surface area (Å²) in [5, 5.41) is 3.64. The number of hydrogen-bond acceptors (Lipinski definition) is 17. The Morgan fingerprint density at radius 2 is 0.775 bits per heavy atom. The highest BCUT2D eigenvalue weighted by Gasteiger charge is 2.37. The van der Waals surface area contributed by atoms with Crippen LogP contribution in [0.25, 0.3) is 0 Å². The van der Waals surface area contributed by atoms with Crippen molar-refractivity contribution >= 4 is 21.6 Å². The van der Waals surface area contributed by atoms with E-state index in [1.165, 1.54) is 104 Å². The Kier molecular flexibility index (Phi) is 157. The Bertz CT molecular complexity index is 2100. The fourth-order valence-electron chi connectivity index (χ4n) is 7.62. The fraction of sp³-hybridized carbons (Fsp3) is 1.00. The largest absolute Gasteiger partial charge is 0.414 e. The summed E-state index contributed by atoms with van der Waals surface area (Å²) < 4.78 is 187. The molecular weight excluding hydrogens is 1810 g/mol. The Labute approximate surface area is 871 Å². The lowest BCUT2D eigenvalue weighted by Crippen LogP contribution is -2.39. The Morgan fingerprint density at radius 3 is 0.812 bits per heavy atom. The molecule has 0 amide bonds. The minimum Gasteiger partial charge on any atom is -0.382 e. The van der Waals surface area contributed by atoms with Crippen molar-refractivity contribution < 1.29 is 99.8 Å². The average molecular weight is 2070 g/mol. The highest BCUT2D eigenvalue weighted by Crippen LogP contribution is 2.25. The van der Waals surface area contributed by atoms with Gasteiger partial charge in [0.25, 0.3) is 0 Å². The van der Waals surface area contributed by atoms with Crippen molar-refractivity contribution in [3.8, 4) is 0 Å².